The summed E-state index contributed by atoms with van der Waals surface area (Å²) in [5.41, 5.74) is 0.843. The van der Waals surface area contributed by atoms with Gasteiger partial charge in [0.05, 0.1) is 6.61 Å². The first-order valence-electron chi connectivity index (χ1n) is 5.29. The average Bonchev–Trinajstić information content (AvgIpc) is 2.34. The van der Waals surface area contributed by atoms with E-state index in [0.717, 1.165) is 0 Å². The van der Waals surface area contributed by atoms with Crippen LogP contribution >= 0.6 is 11.6 Å². The molecule has 0 aromatic carbocycles. The molecule has 0 bridgehead atoms. The SMILES string of the molecule is CCc1cc(C(=O)N[C@H](CO)C(=O)O)cc(Cl)n1. The van der Waals surface area contributed by atoms with Gasteiger partial charge >= 0.3 is 5.97 Å². The predicted octanol–water partition coefficient (Wildman–Crippen LogP) is 0.473. The summed E-state index contributed by atoms with van der Waals surface area (Å²) in [6, 6.07) is 1.53. The lowest BCUT2D eigenvalue weighted by atomic mass is 10.2. The number of aryl methyl sites for hydroxylation is 1. The number of nitrogens with zero attached hydrogens (tertiary/aromatic N) is 1. The van der Waals surface area contributed by atoms with Gasteiger partial charge in [-0.3, -0.25) is 4.79 Å². The van der Waals surface area contributed by atoms with Crippen molar-refractivity contribution in [2.45, 2.75) is 19.4 Å². The molecule has 0 aliphatic carbocycles. The van der Waals surface area contributed by atoms with E-state index in [1.807, 2.05) is 6.92 Å². The van der Waals surface area contributed by atoms with Crippen molar-refractivity contribution in [2.24, 2.45) is 0 Å². The van der Waals surface area contributed by atoms with E-state index in [4.69, 9.17) is 21.8 Å². The van der Waals surface area contributed by atoms with E-state index in [-0.39, 0.29) is 10.7 Å². The Morgan fingerprint density at radius 3 is 2.67 bits per heavy atom. The number of carbonyl (C=O) groups excluding carboxylic acids is 1. The zero-order valence-electron chi connectivity index (χ0n) is 9.68. The highest BCUT2D eigenvalue weighted by molar-refractivity contribution is 6.29. The fourth-order valence-electron chi connectivity index (χ4n) is 1.29. The Balaban J connectivity index is 2.90. The first kappa shape index (κ1) is 14.4. The van der Waals surface area contributed by atoms with Crippen LogP contribution in [-0.4, -0.2) is 39.7 Å². The summed E-state index contributed by atoms with van der Waals surface area (Å²) in [4.78, 5) is 26.4. The van der Waals surface area contributed by atoms with Gasteiger partial charge in [-0.15, -0.1) is 0 Å². The lowest BCUT2D eigenvalue weighted by Crippen LogP contribution is -2.43. The number of hydrogen-bond donors (Lipinski definition) is 3. The number of carboxylic acid groups (broad SMARTS) is 1. The summed E-state index contributed by atoms with van der Waals surface area (Å²) in [5.74, 6) is -1.92. The number of pyridine rings is 1. The van der Waals surface area contributed by atoms with E-state index in [1.165, 1.54) is 12.1 Å². The molecule has 0 aliphatic rings. The van der Waals surface area contributed by atoms with Crippen LogP contribution < -0.4 is 5.32 Å². The molecule has 0 aliphatic heterocycles. The maximum absolute atomic E-state index is 11.8. The molecule has 3 N–H and O–H groups in total. The van der Waals surface area contributed by atoms with Gasteiger partial charge in [-0.2, -0.15) is 0 Å². The molecule has 7 heteroatoms. The monoisotopic (exact) mass is 272 g/mol. The first-order chi connectivity index (χ1) is 8.47. The first-order valence-corrected chi connectivity index (χ1v) is 5.66. The summed E-state index contributed by atoms with van der Waals surface area (Å²) in [5, 5.41) is 19.9. The molecule has 6 nitrogen and oxygen atoms in total. The number of rotatable bonds is 5. The fraction of sp³-hybridized carbons (Fsp3) is 0.364. The van der Waals surface area contributed by atoms with Crippen molar-refractivity contribution in [1.82, 2.24) is 10.3 Å². The number of aliphatic hydroxyl groups excluding tert-OH is 1. The highest BCUT2D eigenvalue weighted by atomic mass is 35.5. The third-order valence-electron chi connectivity index (χ3n) is 2.26. The van der Waals surface area contributed by atoms with Crippen LogP contribution in [0.25, 0.3) is 0 Å². The van der Waals surface area contributed by atoms with Gasteiger partial charge in [-0.25, -0.2) is 9.78 Å². The van der Waals surface area contributed by atoms with Gasteiger partial charge in [0.1, 0.15) is 5.15 Å². The van der Waals surface area contributed by atoms with Crippen LogP contribution in [0.2, 0.25) is 5.15 Å². The topological polar surface area (TPSA) is 99.5 Å². The molecule has 0 fully saturated rings. The summed E-state index contributed by atoms with van der Waals surface area (Å²) in [6.07, 6.45) is 0.600. The lowest BCUT2D eigenvalue weighted by Gasteiger charge is -2.12. The van der Waals surface area contributed by atoms with E-state index in [2.05, 4.69) is 10.3 Å². The second kappa shape index (κ2) is 6.32. The number of carbonyl (C=O) groups is 2. The summed E-state index contributed by atoms with van der Waals surface area (Å²) in [7, 11) is 0. The summed E-state index contributed by atoms with van der Waals surface area (Å²) in [6.45, 7) is 1.18. The second-order valence-electron chi connectivity index (χ2n) is 3.57. The second-order valence-corrected chi connectivity index (χ2v) is 3.96. The molecule has 98 valence electrons. The maximum Gasteiger partial charge on any atom is 0.328 e. The average molecular weight is 273 g/mol. The van der Waals surface area contributed by atoms with Crippen LogP contribution in [-0.2, 0) is 11.2 Å². The van der Waals surface area contributed by atoms with Crippen molar-refractivity contribution in [1.29, 1.82) is 0 Å². The third-order valence-corrected chi connectivity index (χ3v) is 2.45. The van der Waals surface area contributed by atoms with Crippen LogP contribution in [0.3, 0.4) is 0 Å². The van der Waals surface area contributed by atoms with Crippen LogP contribution in [0, 0.1) is 0 Å². The molecular weight excluding hydrogens is 260 g/mol. The quantitative estimate of drug-likeness (QED) is 0.677. The van der Waals surface area contributed by atoms with Gasteiger partial charge in [-0.1, -0.05) is 18.5 Å². The highest BCUT2D eigenvalue weighted by Crippen LogP contribution is 2.11. The van der Waals surface area contributed by atoms with Crippen molar-refractivity contribution in [3.05, 3.63) is 28.5 Å². The van der Waals surface area contributed by atoms with Crippen molar-refractivity contribution in [3.63, 3.8) is 0 Å². The Bertz CT molecular complexity index is 464. The molecule has 1 amide bonds. The molecule has 1 heterocycles. The molecule has 1 aromatic heterocycles. The van der Waals surface area contributed by atoms with Crippen LogP contribution in [0.5, 0.6) is 0 Å². The van der Waals surface area contributed by atoms with Gasteiger partial charge in [-0.05, 0) is 18.6 Å². The van der Waals surface area contributed by atoms with Crippen molar-refractivity contribution in [3.8, 4) is 0 Å². The lowest BCUT2D eigenvalue weighted by molar-refractivity contribution is -0.140. The molecular formula is C11H13ClN2O4. The van der Waals surface area contributed by atoms with Crippen LogP contribution in [0.1, 0.15) is 23.0 Å². The number of hydrogen-bond acceptors (Lipinski definition) is 4. The zero-order chi connectivity index (χ0) is 13.7. The molecule has 0 unspecified atom stereocenters. The van der Waals surface area contributed by atoms with E-state index < -0.39 is 24.5 Å². The number of aliphatic hydroxyl groups is 1. The Morgan fingerprint density at radius 2 is 2.17 bits per heavy atom. The maximum atomic E-state index is 11.8. The molecule has 0 spiro atoms. The standard InChI is InChI=1S/C11H13ClN2O4/c1-2-7-3-6(4-9(12)13-7)10(16)14-8(5-15)11(17)18/h3-4,8,15H,2,5H2,1H3,(H,14,16)(H,17,18)/t8-/m1/s1. The number of aromatic nitrogens is 1. The van der Waals surface area contributed by atoms with E-state index in [9.17, 15) is 9.59 Å². The summed E-state index contributed by atoms with van der Waals surface area (Å²) >= 11 is 5.75. The minimum absolute atomic E-state index is 0.162. The van der Waals surface area contributed by atoms with Gasteiger partial charge in [0.2, 0.25) is 0 Å². The van der Waals surface area contributed by atoms with Crippen molar-refractivity contribution < 1.29 is 19.8 Å². The Hall–Kier alpha value is -1.66. The Morgan fingerprint density at radius 1 is 1.50 bits per heavy atom. The van der Waals surface area contributed by atoms with Crippen molar-refractivity contribution in [2.75, 3.05) is 6.61 Å². The Kier molecular flexibility index (Phi) is 5.06. The minimum atomic E-state index is -1.34. The highest BCUT2D eigenvalue weighted by Gasteiger charge is 2.20. The molecule has 0 saturated carbocycles. The smallest absolute Gasteiger partial charge is 0.328 e. The number of carboxylic acids is 1. The Labute approximate surface area is 109 Å². The van der Waals surface area contributed by atoms with E-state index in [1.54, 1.807) is 0 Å². The predicted molar refractivity (Wildman–Crippen MR) is 64.6 cm³/mol. The van der Waals surface area contributed by atoms with Crippen LogP contribution in [0.4, 0.5) is 0 Å². The number of aliphatic carboxylic acids is 1. The normalized spacial score (nSPS) is 11.9. The van der Waals surface area contributed by atoms with E-state index in [0.29, 0.717) is 12.1 Å². The minimum Gasteiger partial charge on any atom is -0.480 e. The summed E-state index contributed by atoms with van der Waals surface area (Å²) < 4.78 is 0. The number of nitrogens with one attached hydrogen (secondary N) is 1. The number of halogens is 1. The van der Waals surface area contributed by atoms with Gasteiger partial charge in [0, 0.05) is 11.3 Å². The zero-order valence-corrected chi connectivity index (χ0v) is 10.4. The van der Waals surface area contributed by atoms with Gasteiger partial charge in [0.15, 0.2) is 6.04 Å². The van der Waals surface area contributed by atoms with E-state index >= 15 is 0 Å². The molecule has 0 saturated heterocycles. The van der Waals surface area contributed by atoms with Gasteiger partial charge in [0.25, 0.3) is 5.91 Å². The largest absolute Gasteiger partial charge is 0.480 e. The number of amides is 1. The van der Waals surface area contributed by atoms with Crippen molar-refractivity contribution >= 4 is 23.5 Å². The molecule has 0 radical (unpaired) electrons. The molecule has 18 heavy (non-hydrogen) atoms. The third kappa shape index (κ3) is 3.68. The fourth-order valence-corrected chi connectivity index (χ4v) is 1.52. The molecule has 1 rings (SSSR count). The molecule has 1 aromatic rings. The van der Waals surface area contributed by atoms with Crippen LogP contribution in [0.15, 0.2) is 12.1 Å². The van der Waals surface area contributed by atoms with Gasteiger partial charge < -0.3 is 15.5 Å². The molecule has 1 atom stereocenters.